The van der Waals surface area contributed by atoms with Crippen LogP contribution in [0.15, 0.2) is 35.1 Å². The van der Waals surface area contributed by atoms with E-state index in [0.717, 1.165) is 0 Å². The van der Waals surface area contributed by atoms with E-state index in [1.54, 1.807) is 0 Å². The molecule has 8 nitrogen and oxygen atoms in total. The first kappa shape index (κ1) is 21.0. The molecule has 0 spiro atoms. The quantitative estimate of drug-likeness (QED) is 0.606. The van der Waals surface area contributed by atoms with E-state index in [0.29, 0.717) is 23.4 Å². The van der Waals surface area contributed by atoms with Crippen LogP contribution in [0.5, 0.6) is 5.75 Å². The third-order valence-electron chi connectivity index (χ3n) is 3.57. The highest BCUT2D eigenvalue weighted by Gasteiger charge is 2.38. The second-order valence-corrected chi connectivity index (χ2v) is 5.67. The number of aromatic nitrogens is 3. The van der Waals surface area contributed by atoms with E-state index in [2.05, 4.69) is 19.6 Å². The van der Waals surface area contributed by atoms with Gasteiger partial charge in [0.25, 0.3) is 0 Å². The number of nitrogens with zero attached hydrogens (tertiary/aromatic N) is 3. The Hall–Kier alpha value is -3.77. The first-order valence-corrected chi connectivity index (χ1v) is 7.99. The Morgan fingerprint density at radius 2 is 1.87 bits per heavy atom. The zero-order valence-corrected chi connectivity index (χ0v) is 15.0. The summed E-state index contributed by atoms with van der Waals surface area (Å²) in [5, 5.41) is 4.91. The molecule has 2 heterocycles. The summed E-state index contributed by atoms with van der Waals surface area (Å²) >= 11 is 0. The van der Waals surface area contributed by atoms with Crippen molar-refractivity contribution in [3.05, 3.63) is 53.7 Å². The molecule has 158 valence electrons. The maximum absolute atomic E-state index is 14.2. The lowest BCUT2D eigenvalue weighted by Crippen LogP contribution is -2.16. The molecule has 0 bridgehead atoms. The number of hydrogen-bond donors (Lipinski definition) is 1. The van der Waals surface area contributed by atoms with Gasteiger partial charge < -0.3 is 14.0 Å². The molecule has 0 aliphatic rings. The molecule has 0 fully saturated rings. The number of rotatable bonds is 5. The Morgan fingerprint density at radius 3 is 2.47 bits per heavy atom. The van der Waals surface area contributed by atoms with E-state index in [1.165, 1.54) is 25.6 Å². The van der Waals surface area contributed by atoms with Gasteiger partial charge in [-0.15, -0.1) is 0 Å². The van der Waals surface area contributed by atoms with Crippen molar-refractivity contribution in [3.8, 4) is 17.1 Å². The van der Waals surface area contributed by atoms with E-state index < -0.39 is 46.9 Å². The number of alkyl halides is 3. The average molecular weight is 430 g/mol. The molecule has 13 heteroatoms. The number of benzene rings is 1. The highest BCUT2D eigenvalue weighted by atomic mass is 19.4. The van der Waals surface area contributed by atoms with Gasteiger partial charge in [0.1, 0.15) is 18.0 Å². The SMILES string of the molecule is COc1cncc(COC(=O)Nc2c(F)cc(-c3noc(C(F)(F)F)n3)cc2F)c1. The predicted octanol–water partition coefficient (Wildman–Crippen LogP) is 4.19. The Bertz CT molecular complexity index is 1050. The molecule has 3 aromatic rings. The lowest BCUT2D eigenvalue weighted by molar-refractivity contribution is -0.159. The molecule has 0 unspecified atom stereocenters. The van der Waals surface area contributed by atoms with Gasteiger partial charge in [-0.05, 0) is 18.2 Å². The monoisotopic (exact) mass is 430 g/mol. The van der Waals surface area contributed by atoms with Crippen molar-refractivity contribution in [1.29, 1.82) is 0 Å². The van der Waals surface area contributed by atoms with Gasteiger partial charge in [-0.3, -0.25) is 10.3 Å². The molecule has 1 aromatic carbocycles. The molecule has 30 heavy (non-hydrogen) atoms. The second kappa shape index (κ2) is 8.31. The molecule has 0 radical (unpaired) electrons. The summed E-state index contributed by atoms with van der Waals surface area (Å²) < 4.78 is 79.8. The maximum Gasteiger partial charge on any atom is 0.471 e. The minimum atomic E-state index is -4.91. The van der Waals surface area contributed by atoms with Gasteiger partial charge >= 0.3 is 18.2 Å². The average Bonchev–Trinajstić information content (AvgIpc) is 3.20. The number of hydrogen-bond acceptors (Lipinski definition) is 7. The van der Waals surface area contributed by atoms with Gasteiger partial charge in [-0.1, -0.05) is 5.16 Å². The highest BCUT2D eigenvalue weighted by molar-refractivity contribution is 5.85. The Morgan fingerprint density at radius 1 is 1.17 bits per heavy atom. The van der Waals surface area contributed by atoms with Crippen LogP contribution >= 0.6 is 0 Å². The molecule has 1 N–H and O–H groups in total. The van der Waals surface area contributed by atoms with E-state index >= 15 is 0 Å². The number of amides is 1. The van der Waals surface area contributed by atoms with E-state index in [-0.39, 0.29) is 6.61 Å². The van der Waals surface area contributed by atoms with Crippen LogP contribution in [0.3, 0.4) is 0 Å². The second-order valence-electron chi connectivity index (χ2n) is 5.67. The molecule has 0 aliphatic heterocycles. The van der Waals surface area contributed by atoms with Crippen molar-refractivity contribution in [2.24, 2.45) is 0 Å². The zero-order valence-electron chi connectivity index (χ0n) is 15.0. The van der Waals surface area contributed by atoms with Crippen LogP contribution in [-0.2, 0) is 17.5 Å². The van der Waals surface area contributed by atoms with Gasteiger partial charge in [-0.25, -0.2) is 13.6 Å². The van der Waals surface area contributed by atoms with Gasteiger partial charge in [0.2, 0.25) is 5.82 Å². The van der Waals surface area contributed by atoms with Crippen molar-refractivity contribution >= 4 is 11.8 Å². The lowest BCUT2D eigenvalue weighted by Gasteiger charge is -2.10. The molecule has 0 atom stereocenters. The molecule has 0 aliphatic carbocycles. The zero-order chi connectivity index (χ0) is 21.9. The number of halogens is 5. The summed E-state index contributed by atoms with van der Waals surface area (Å²) in [6.45, 7) is -0.263. The van der Waals surface area contributed by atoms with E-state index in [1.807, 2.05) is 5.32 Å². The fourth-order valence-electron chi connectivity index (χ4n) is 2.22. The minimum Gasteiger partial charge on any atom is -0.495 e. The first-order valence-electron chi connectivity index (χ1n) is 7.99. The summed E-state index contributed by atoms with van der Waals surface area (Å²) in [5.74, 6) is -4.51. The first-order chi connectivity index (χ1) is 14.2. The number of pyridine rings is 1. The molecule has 3 rings (SSSR count). The van der Waals surface area contributed by atoms with Crippen LogP contribution in [-0.4, -0.2) is 28.3 Å². The van der Waals surface area contributed by atoms with Crippen molar-refractivity contribution < 1.29 is 40.7 Å². The lowest BCUT2D eigenvalue weighted by atomic mass is 10.1. The van der Waals surface area contributed by atoms with Gasteiger partial charge in [-0.2, -0.15) is 18.2 Å². The standard InChI is InChI=1S/C17H11F5N4O4/c1-28-10-2-8(5-23-6-10)7-29-16(27)24-13-11(18)3-9(4-12(13)19)14-25-15(30-26-14)17(20,21)22/h2-6H,7H2,1H3,(H,24,27). The fraction of sp³-hybridized carbons (Fsp3) is 0.176. The van der Waals surface area contributed by atoms with Crippen LogP contribution in [0.2, 0.25) is 0 Å². The van der Waals surface area contributed by atoms with Crippen LogP contribution in [0, 0.1) is 11.6 Å². The summed E-state index contributed by atoms with van der Waals surface area (Å²) in [5.41, 5.74) is -0.837. The Labute approximate surface area is 164 Å². The van der Waals surface area contributed by atoms with Gasteiger partial charge in [0.05, 0.1) is 13.3 Å². The summed E-state index contributed by atoms with van der Waals surface area (Å²) in [6.07, 6.45) is -3.27. The number of carbonyl (C=O) groups excluding carboxylic acids is 1. The highest BCUT2D eigenvalue weighted by Crippen LogP contribution is 2.31. The van der Waals surface area contributed by atoms with Crippen LogP contribution < -0.4 is 10.1 Å². The fourth-order valence-corrected chi connectivity index (χ4v) is 2.22. The van der Waals surface area contributed by atoms with Gasteiger partial charge in [0, 0.05) is 17.3 Å². The van der Waals surface area contributed by atoms with Gasteiger partial charge in [0.15, 0.2) is 11.6 Å². The summed E-state index contributed by atoms with van der Waals surface area (Å²) in [4.78, 5) is 18.7. The third kappa shape index (κ3) is 4.79. The molecular formula is C17H11F5N4O4. The number of carbonyl (C=O) groups is 1. The summed E-state index contributed by atoms with van der Waals surface area (Å²) in [7, 11) is 1.42. The Kier molecular flexibility index (Phi) is 5.80. The van der Waals surface area contributed by atoms with E-state index in [4.69, 9.17) is 9.47 Å². The summed E-state index contributed by atoms with van der Waals surface area (Å²) in [6, 6.07) is 2.81. The van der Waals surface area contributed by atoms with E-state index in [9.17, 15) is 26.7 Å². The van der Waals surface area contributed by atoms with Crippen molar-refractivity contribution in [2.75, 3.05) is 12.4 Å². The van der Waals surface area contributed by atoms with Crippen molar-refractivity contribution in [3.63, 3.8) is 0 Å². The predicted molar refractivity (Wildman–Crippen MR) is 89.2 cm³/mol. The molecular weight excluding hydrogens is 419 g/mol. The third-order valence-corrected chi connectivity index (χ3v) is 3.57. The maximum atomic E-state index is 14.2. The van der Waals surface area contributed by atoms with Crippen LogP contribution in [0.4, 0.5) is 32.4 Å². The molecule has 0 saturated heterocycles. The van der Waals surface area contributed by atoms with Crippen LogP contribution in [0.25, 0.3) is 11.4 Å². The molecule has 1 amide bonds. The van der Waals surface area contributed by atoms with Crippen molar-refractivity contribution in [2.45, 2.75) is 12.8 Å². The Balaban J connectivity index is 1.70. The number of anilines is 1. The van der Waals surface area contributed by atoms with Crippen LogP contribution in [0.1, 0.15) is 11.5 Å². The topological polar surface area (TPSA) is 99.4 Å². The van der Waals surface area contributed by atoms with Crippen molar-refractivity contribution in [1.82, 2.24) is 15.1 Å². The number of methoxy groups -OCH3 is 1. The smallest absolute Gasteiger partial charge is 0.471 e. The number of nitrogens with one attached hydrogen (secondary N) is 1. The molecule has 0 saturated carbocycles. The molecule has 2 aromatic heterocycles. The minimum absolute atomic E-state index is 0.263. The largest absolute Gasteiger partial charge is 0.495 e. The number of ether oxygens (including phenoxy) is 2. The normalized spacial score (nSPS) is 11.3.